The molecule has 0 spiro atoms. The van der Waals surface area contributed by atoms with E-state index in [0.717, 1.165) is 5.01 Å². The second-order valence-corrected chi connectivity index (χ2v) is 2.53. The molecular formula is C5H4N3O2V-. The first-order valence-corrected chi connectivity index (χ1v) is 3.44. The molecule has 0 saturated carbocycles. The first-order valence-electron chi connectivity index (χ1n) is 2.74. The summed E-state index contributed by atoms with van der Waals surface area (Å²) in [6, 6.07) is 0. The van der Waals surface area contributed by atoms with Gasteiger partial charge in [0.25, 0.3) is 0 Å². The van der Waals surface area contributed by atoms with E-state index in [0.29, 0.717) is 0 Å². The summed E-state index contributed by atoms with van der Waals surface area (Å²) in [4.78, 5) is 21.6. The molecule has 0 aromatic carbocycles. The van der Waals surface area contributed by atoms with E-state index < -0.39 is 5.91 Å². The van der Waals surface area contributed by atoms with Gasteiger partial charge in [-0.3, -0.25) is 0 Å². The molecule has 0 aromatic heterocycles. The number of hydrogen-bond acceptors (Lipinski definition) is 3. The Bertz CT molecular complexity index is 230. The normalized spacial score (nSPS) is 18.1. The molecule has 1 aliphatic heterocycles. The summed E-state index contributed by atoms with van der Waals surface area (Å²) in [5, 5.41) is 6.48. The first-order chi connectivity index (χ1) is 5.15. The van der Waals surface area contributed by atoms with Crippen molar-refractivity contribution in [2.45, 2.75) is 6.42 Å². The van der Waals surface area contributed by atoms with Crippen LogP contribution in [0.2, 0.25) is 0 Å². The van der Waals surface area contributed by atoms with Gasteiger partial charge in [-0.05, 0) is 0 Å². The van der Waals surface area contributed by atoms with Crippen molar-refractivity contribution in [2.24, 2.45) is 5.10 Å². The Morgan fingerprint density at radius 3 is 2.73 bits per heavy atom. The van der Waals surface area contributed by atoms with Crippen LogP contribution >= 0.6 is 0 Å². The van der Waals surface area contributed by atoms with E-state index in [1.807, 2.05) is 17.0 Å². The van der Waals surface area contributed by atoms with Gasteiger partial charge in [-0.15, -0.1) is 0 Å². The van der Waals surface area contributed by atoms with Crippen LogP contribution in [0.1, 0.15) is 6.42 Å². The van der Waals surface area contributed by atoms with Gasteiger partial charge < -0.3 is 0 Å². The van der Waals surface area contributed by atoms with Crippen LogP contribution in [0.3, 0.4) is 0 Å². The van der Waals surface area contributed by atoms with E-state index in [1.54, 1.807) is 0 Å². The molecule has 1 aliphatic rings. The average Bonchev–Trinajstić information content (AvgIpc) is 1.85. The van der Waals surface area contributed by atoms with Gasteiger partial charge in [-0.2, -0.15) is 0 Å². The summed E-state index contributed by atoms with van der Waals surface area (Å²) in [6.45, 7) is 4.88. The van der Waals surface area contributed by atoms with E-state index in [2.05, 4.69) is 10.4 Å². The Morgan fingerprint density at radius 2 is 2.27 bits per heavy atom. The van der Waals surface area contributed by atoms with E-state index in [9.17, 15) is 9.59 Å². The fourth-order valence-corrected chi connectivity index (χ4v) is 1.12. The van der Waals surface area contributed by atoms with E-state index in [1.165, 1.54) is 0 Å². The van der Waals surface area contributed by atoms with Crippen molar-refractivity contribution in [1.29, 1.82) is 0 Å². The Hall–Kier alpha value is -0.936. The number of nitrogens with one attached hydrogen (secondary N) is 1. The number of amides is 2. The molecule has 1 rings (SSSR count). The minimum atomic E-state index is -0.424. The van der Waals surface area contributed by atoms with Gasteiger partial charge in [0.15, 0.2) is 0 Å². The van der Waals surface area contributed by atoms with Crippen LogP contribution in [0.25, 0.3) is 0 Å². The molecule has 1 fully saturated rings. The Kier molecular flexibility index (Phi) is 2.21. The fourth-order valence-electron chi connectivity index (χ4n) is 0.671. The second-order valence-electron chi connectivity index (χ2n) is 1.87. The van der Waals surface area contributed by atoms with Crippen LogP contribution in [-0.4, -0.2) is 28.0 Å². The Morgan fingerprint density at radius 1 is 1.64 bits per heavy atom. The molecule has 1 saturated heterocycles. The van der Waals surface area contributed by atoms with Crippen molar-refractivity contribution in [1.82, 2.24) is 10.3 Å². The number of nitrogens with zero attached hydrogens (tertiary/aromatic N) is 2. The predicted octanol–water partition coefficient (Wildman–Crippen LogP) is -1.54. The van der Waals surface area contributed by atoms with Gasteiger partial charge in [-0.1, -0.05) is 0 Å². The molecule has 0 radical (unpaired) electrons. The van der Waals surface area contributed by atoms with Crippen LogP contribution in [0.15, 0.2) is 5.10 Å². The Balaban J connectivity index is 2.82. The zero-order valence-corrected chi connectivity index (χ0v) is 6.84. The zero-order valence-electron chi connectivity index (χ0n) is 5.44. The third kappa shape index (κ3) is 1.55. The average molecular weight is 189 g/mol. The third-order valence-corrected chi connectivity index (χ3v) is 1.59. The SMILES string of the molecule is [CH-]=NN1C(=O)CC(=O)N[C]1=[V]. The van der Waals surface area contributed by atoms with Crippen molar-refractivity contribution in [3.63, 3.8) is 0 Å². The molecule has 1 N–H and O–H groups in total. The van der Waals surface area contributed by atoms with Gasteiger partial charge in [-0.25, -0.2) is 0 Å². The quantitative estimate of drug-likeness (QED) is 0.308. The van der Waals surface area contributed by atoms with Crippen LogP contribution in [0, 0.1) is 0 Å². The van der Waals surface area contributed by atoms with E-state index in [-0.39, 0.29) is 16.8 Å². The number of rotatable bonds is 1. The summed E-state index contributed by atoms with van der Waals surface area (Å²) in [6.07, 6.45) is -0.206. The van der Waals surface area contributed by atoms with Crippen LogP contribution in [0.4, 0.5) is 0 Å². The zero-order chi connectivity index (χ0) is 8.43. The van der Waals surface area contributed by atoms with E-state index >= 15 is 0 Å². The van der Waals surface area contributed by atoms with Gasteiger partial charge in [0.05, 0.1) is 0 Å². The molecule has 0 atom stereocenters. The van der Waals surface area contributed by atoms with E-state index in [4.69, 9.17) is 6.72 Å². The van der Waals surface area contributed by atoms with Crippen molar-refractivity contribution in [2.75, 3.05) is 0 Å². The number of hydrogen-bond donors (Lipinski definition) is 1. The molecule has 0 aliphatic carbocycles. The van der Waals surface area contributed by atoms with Crippen molar-refractivity contribution < 1.29 is 26.6 Å². The standard InChI is InChI=1S/C5H4N3O2.V/c1-6-8-3-7-4(9)2-5(8)10;/h1H,2H2,(H,7,9);/q-1;. The third-order valence-electron chi connectivity index (χ3n) is 1.12. The molecule has 5 nitrogen and oxygen atoms in total. The summed E-state index contributed by atoms with van der Waals surface area (Å²) in [7, 11) is 0. The molecular weight excluding hydrogens is 185 g/mol. The molecule has 11 heavy (non-hydrogen) atoms. The summed E-state index contributed by atoms with van der Waals surface area (Å²) in [5.41, 5.74) is 0. The van der Waals surface area contributed by atoms with Crippen molar-refractivity contribution in [3.05, 3.63) is 0 Å². The molecule has 57 valence electrons. The van der Waals surface area contributed by atoms with Crippen LogP contribution < -0.4 is 5.32 Å². The van der Waals surface area contributed by atoms with Crippen molar-refractivity contribution in [3.8, 4) is 0 Å². The molecule has 0 aromatic rings. The van der Waals surface area contributed by atoms with Crippen LogP contribution in [-0.2, 0) is 26.6 Å². The van der Waals surface area contributed by atoms with Gasteiger partial charge in [0.2, 0.25) is 0 Å². The fraction of sp³-hybridized carbons (Fsp3) is 0.200. The van der Waals surface area contributed by atoms with Crippen LogP contribution in [0.5, 0.6) is 0 Å². The topological polar surface area (TPSA) is 61.8 Å². The molecule has 0 unspecified atom stereocenters. The second kappa shape index (κ2) is 2.98. The number of carbonyl (C=O) groups is 2. The molecule has 6 heteroatoms. The summed E-state index contributed by atoms with van der Waals surface area (Å²) < 4.78 is 0.279. The summed E-state index contributed by atoms with van der Waals surface area (Å²) in [5.74, 6) is -0.766. The number of hydrazone groups is 1. The maximum absolute atomic E-state index is 10.9. The van der Waals surface area contributed by atoms with Crippen molar-refractivity contribution >= 4 is 23.0 Å². The molecule has 1 heterocycles. The minimum absolute atomic E-state index is 0.206. The first kappa shape index (κ1) is 8.16. The predicted molar refractivity (Wildman–Crippen MR) is 33.1 cm³/mol. The van der Waals surface area contributed by atoms with Gasteiger partial charge >= 0.3 is 71.4 Å². The maximum atomic E-state index is 10.9. The summed E-state index contributed by atoms with van der Waals surface area (Å²) >= 11 is 2.00. The Labute approximate surface area is 71.9 Å². The monoisotopic (exact) mass is 189 g/mol. The van der Waals surface area contributed by atoms with Gasteiger partial charge in [0.1, 0.15) is 0 Å². The molecule has 2 amide bonds. The molecule has 0 bridgehead atoms. The number of carbonyl (C=O) groups excluding carboxylic acids is 2. The van der Waals surface area contributed by atoms with Gasteiger partial charge in [0, 0.05) is 0 Å².